The maximum absolute atomic E-state index is 12.0. The van der Waals surface area contributed by atoms with Crippen LogP contribution in [0, 0.1) is 0 Å². The molecule has 1 aromatic carbocycles. The second-order valence-corrected chi connectivity index (χ2v) is 4.32. The van der Waals surface area contributed by atoms with Crippen LogP contribution in [0.4, 0.5) is 11.5 Å². The first-order valence-electron chi connectivity index (χ1n) is 6.07. The van der Waals surface area contributed by atoms with Crippen molar-refractivity contribution >= 4 is 28.4 Å². The highest BCUT2D eigenvalue weighted by molar-refractivity contribution is 5.94. The minimum atomic E-state index is -0.185. The highest BCUT2D eigenvalue weighted by Crippen LogP contribution is 2.18. The van der Waals surface area contributed by atoms with E-state index in [1.54, 1.807) is 12.1 Å². The van der Waals surface area contributed by atoms with Crippen molar-refractivity contribution in [2.75, 3.05) is 11.1 Å². The number of hydrogen-bond donors (Lipinski definition) is 2. The number of benzene rings is 1. The van der Waals surface area contributed by atoms with E-state index in [0.29, 0.717) is 22.8 Å². The Hall–Kier alpha value is -2.89. The Morgan fingerprint density at radius 1 is 1.25 bits per heavy atom. The highest BCUT2D eigenvalue weighted by atomic mass is 16.5. The molecule has 3 aromatic rings. The van der Waals surface area contributed by atoms with Crippen LogP contribution in [0.1, 0.15) is 5.69 Å². The van der Waals surface area contributed by atoms with E-state index in [1.807, 2.05) is 24.3 Å². The third-order valence-electron chi connectivity index (χ3n) is 2.85. The molecule has 6 heteroatoms. The van der Waals surface area contributed by atoms with E-state index in [1.165, 1.54) is 6.20 Å². The summed E-state index contributed by atoms with van der Waals surface area (Å²) in [6.07, 6.45) is 1.65. The van der Waals surface area contributed by atoms with Crippen molar-refractivity contribution in [2.45, 2.75) is 6.42 Å². The van der Waals surface area contributed by atoms with Crippen molar-refractivity contribution in [3.05, 3.63) is 48.3 Å². The summed E-state index contributed by atoms with van der Waals surface area (Å²) < 4.78 is 5.16. The molecule has 0 bridgehead atoms. The lowest BCUT2D eigenvalue weighted by Gasteiger charge is -2.03. The van der Waals surface area contributed by atoms with Gasteiger partial charge in [0.15, 0.2) is 5.58 Å². The van der Waals surface area contributed by atoms with Crippen LogP contribution in [0.2, 0.25) is 0 Å². The molecule has 3 rings (SSSR count). The number of amides is 1. The van der Waals surface area contributed by atoms with Gasteiger partial charge in [0.1, 0.15) is 11.5 Å². The smallest absolute Gasteiger partial charge is 0.230 e. The van der Waals surface area contributed by atoms with Crippen LogP contribution in [0.5, 0.6) is 0 Å². The first-order chi connectivity index (χ1) is 9.72. The molecule has 0 spiro atoms. The lowest BCUT2D eigenvalue weighted by atomic mass is 10.1. The monoisotopic (exact) mass is 268 g/mol. The van der Waals surface area contributed by atoms with Crippen LogP contribution < -0.4 is 11.1 Å². The summed E-state index contributed by atoms with van der Waals surface area (Å²) in [6.45, 7) is 0. The quantitative estimate of drug-likeness (QED) is 0.757. The van der Waals surface area contributed by atoms with Crippen LogP contribution in [-0.2, 0) is 11.2 Å². The Bertz CT molecular complexity index is 749. The van der Waals surface area contributed by atoms with Crippen LogP contribution in [0.15, 0.2) is 47.1 Å². The van der Waals surface area contributed by atoms with E-state index in [0.717, 1.165) is 5.39 Å². The zero-order valence-electron chi connectivity index (χ0n) is 10.5. The molecule has 3 N–H and O–H groups in total. The molecule has 1 amide bonds. The number of fused-ring (bicyclic) bond motifs is 1. The second kappa shape index (κ2) is 5.00. The standard InChI is InChI=1S/C14H12N4O2/c15-13-6-5-9(8-16-13)17-14(19)7-11-10-3-1-2-4-12(10)20-18-11/h1-6,8H,7H2,(H2,15,16)(H,17,19). The molecule has 6 nitrogen and oxygen atoms in total. The zero-order chi connectivity index (χ0) is 13.9. The zero-order valence-corrected chi connectivity index (χ0v) is 10.5. The van der Waals surface area contributed by atoms with Crippen LogP contribution >= 0.6 is 0 Å². The summed E-state index contributed by atoms with van der Waals surface area (Å²) in [5, 5.41) is 7.50. The van der Waals surface area contributed by atoms with Gasteiger partial charge in [-0.25, -0.2) is 4.98 Å². The maximum atomic E-state index is 12.0. The van der Waals surface area contributed by atoms with E-state index in [9.17, 15) is 4.79 Å². The fraction of sp³-hybridized carbons (Fsp3) is 0.0714. The van der Waals surface area contributed by atoms with Crippen LogP contribution in [-0.4, -0.2) is 16.0 Å². The molecule has 2 heterocycles. The summed E-state index contributed by atoms with van der Waals surface area (Å²) in [6, 6.07) is 10.7. The highest BCUT2D eigenvalue weighted by Gasteiger charge is 2.12. The van der Waals surface area contributed by atoms with E-state index < -0.39 is 0 Å². The number of hydrogen-bond acceptors (Lipinski definition) is 5. The van der Waals surface area contributed by atoms with Gasteiger partial charge in [-0.3, -0.25) is 4.79 Å². The third-order valence-corrected chi connectivity index (χ3v) is 2.85. The topological polar surface area (TPSA) is 94.0 Å². The minimum Gasteiger partial charge on any atom is -0.384 e. The molecule has 0 aliphatic carbocycles. The van der Waals surface area contributed by atoms with Gasteiger partial charge in [-0.15, -0.1) is 0 Å². The Labute approximate surface area is 114 Å². The second-order valence-electron chi connectivity index (χ2n) is 4.32. The average Bonchev–Trinajstić information content (AvgIpc) is 2.85. The molecule has 100 valence electrons. The summed E-state index contributed by atoms with van der Waals surface area (Å²) in [7, 11) is 0. The van der Waals surface area contributed by atoms with E-state index >= 15 is 0 Å². The third kappa shape index (κ3) is 2.44. The van der Waals surface area contributed by atoms with Gasteiger partial charge >= 0.3 is 0 Å². The Morgan fingerprint density at radius 2 is 2.10 bits per heavy atom. The predicted molar refractivity (Wildman–Crippen MR) is 75.0 cm³/mol. The Balaban J connectivity index is 1.74. The molecular formula is C14H12N4O2. The van der Waals surface area contributed by atoms with Crippen molar-refractivity contribution in [3.8, 4) is 0 Å². The van der Waals surface area contributed by atoms with Crippen molar-refractivity contribution in [1.29, 1.82) is 0 Å². The molecule has 0 aliphatic rings. The number of nitrogens with one attached hydrogen (secondary N) is 1. The summed E-state index contributed by atoms with van der Waals surface area (Å²) in [5.74, 6) is 0.223. The van der Waals surface area contributed by atoms with Crippen molar-refractivity contribution in [3.63, 3.8) is 0 Å². The van der Waals surface area contributed by atoms with Crippen molar-refractivity contribution in [1.82, 2.24) is 10.1 Å². The molecule has 0 fully saturated rings. The number of nitrogens with zero attached hydrogens (tertiary/aromatic N) is 2. The number of anilines is 2. The summed E-state index contributed by atoms with van der Waals surface area (Å²) in [5.41, 5.74) is 7.36. The number of pyridine rings is 1. The Kier molecular flexibility index (Phi) is 3.04. The van der Waals surface area contributed by atoms with Gasteiger partial charge in [0.25, 0.3) is 0 Å². The van der Waals surface area contributed by atoms with Gasteiger partial charge in [-0.1, -0.05) is 17.3 Å². The largest absolute Gasteiger partial charge is 0.384 e. The number of carbonyl (C=O) groups excluding carboxylic acids is 1. The lowest BCUT2D eigenvalue weighted by molar-refractivity contribution is -0.115. The number of nitrogen functional groups attached to an aromatic ring is 1. The first-order valence-corrected chi connectivity index (χ1v) is 6.07. The molecule has 20 heavy (non-hydrogen) atoms. The van der Waals surface area contributed by atoms with Crippen molar-refractivity contribution in [2.24, 2.45) is 0 Å². The number of carbonyl (C=O) groups is 1. The molecule has 0 radical (unpaired) electrons. The summed E-state index contributed by atoms with van der Waals surface area (Å²) >= 11 is 0. The number of rotatable bonds is 3. The number of para-hydroxylation sites is 1. The van der Waals surface area contributed by atoms with E-state index in [4.69, 9.17) is 10.3 Å². The number of nitrogens with two attached hydrogens (primary N) is 1. The van der Waals surface area contributed by atoms with Crippen LogP contribution in [0.25, 0.3) is 11.0 Å². The molecule has 0 saturated heterocycles. The van der Waals surface area contributed by atoms with Gasteiger partial charge < -0.3 is 15.6 Å². The number of aromatic nitrogens is 2. The van der Waals surface area contributed by atoms with Gasteiger partial charge in [0, 0.05) is 5.39 Å². The molecule has 0 unspecified atom stereocenters. The molecule has 2 aromatic heterocycles. The van der Waals surface area contributed by atoms with Crippen molar-refractivity contribution < 1.29 is 9.32 Å². The average molecular weight is 268 g/mol. The van der Waals surface area contributed by atoms with Gasteiger partial charge in [-0.05, 0) is 24.3 Å². The van der Waals surface area contributed by atoms with E-state index in [-0.39, 0.29) is 12.3 Å². The molecule has 0 atom stereocenters. The fourth-order valence-corrected chi connectivity index (χ4v) is 1.90. The predicted octanol–water partition coefficient (Wildman–Crippen LogP) is 1.99. The molecule has 0 aliphatic heterocycles. The maximum Gasteiger partial charge on any atom is 0.230 e. The fourth-order valence-electron chi connectivity index (χ4n) is 1.90. The molecule has 0 saturated carbocycles. The lowest BCUT2D eigenvalue weighted by Crippen LogP contribution is -2.14. The van der Waals surface area contributed by atoms with E-state index in [2.05, 4.69) is 15.5 Å². The van der Waals surface area contributed by atoms with Gasteiger partial charge in [0.05, 0.1) is 18.3 Å². The summed E-state index contributed by atoms with van der Waals surface area (Å²) in [4.78, 5) is 15.9. The van der Waals surface area contributed by atoms with Gasteiger partial charge in [-0.2, -0.15) is 0 Å². The minimum absolute atomic E-state index is 0.140. The molecular weight excluding hydrogens is 256 g/mol. The first kappa shape index (κ1) is 12.2. The van der Waals surface area contributed by atoms with Gasteiger partial charge in [0.2, 0.25) is 5.91 Å². The Morgan fingerprint density at radius 3 is 2.90 bits per heavy atom. The normalized spacial score (nSPS) is 10.6. The van der Waals surface area contributed by atoms with Crippen LogP contribution in [0.3, 0.4) is 0 Å². The SMILES string of the molecule is Nc1ccc(NC(=O)Cc2noc3ccccc23)cn1.